The Hall–Kier alpha value is -4.17. The Bertz CT molecular complexity index is 2110. The van der Waals surface area contributed by atoms with Gasteiger partial charge in [-0.25, -0.2) is 9.37 Å². The molecule has 0 amide bonds. The van der Waals surface area contributed by atoms with Crippen LogP contribution < -0.4 is 25.6 Å². The number of rotatable bonds is 9. The van der Waals surface area contributed by atoms with Crippen molar-refractivity contribution in [2.24, 2.45) is 7.05 Å². The van der Waals surface area contributed by atoms with Crippen molar-refractivity contribution in [1.82, 2.24) is 39.5 Å². The number of ether oxygens (including phenoxy) is 1. The lowest BCUT2D eigenvalue weighted by atomic mass is 9.98. The van der Waals surface area contributed by atoms with Crippen LogP contribution in [0.4, 0.5) is 33.2 Å². The molecule has 2 aliphatic heterocycles. The van der Waals surface area contributed by atoms with Crippen LogP contribution in [0.2, 0.25) is 0 Å². The van der Waals surface area contributed by atoms with Gasteiger partial charge in [0.1, 0.15) is 18.5 Å². The Kier molecular flexibility index (Phi) is 9.99. The quantitative estimate of drug-likeness (QED) is 0.179. The number of halogens is 2. The number of aryl methyl sites for hydroxylation is 1. The summed E-state index contributed by atoms with van der Waals surface area (Å²) < 4.78 is 38.3. The first kappa shape index (κ1) is 35.2. The van der Waals surface area contributed by atoms with Crippen LogP contribution in [0, 0.1) is 5.82 Å². The highest BCUT2D eigenvalue weighted by molar-refractivity contribution is 9.10. The number of anilines is 5. The van der Waals surface area contributed by atoms with Gasteiger partial charge in [-0.2, -0.15) is 10.1 Å². The van der Waals surface area contributed by atoms with Gasteiger partial charge in [0.25, 0.3) is 0 Å². The normalized spacial score (nSPS) is 16.5. The summed E-state index contributed by atoms with van der Waals surface area (Å²) in [7, 11) is 2.66. The van der Waals surface area contributed by atoms with Gasteiger partial charge in [0.15, 0.2) is 11.6 Å². The van der Waals surface area contributed by atoms with E-state index in [-0.39, 0.29) is 11.7 Å². The standard InChI is InChI=1S/C35H42BrFN11O2P/c1-45-14-16-47(17-15-45)23-8-12-48(13-9-23)31-24(22-19-41-46(2)21-22)18-28(32(50-3)29(31)37)43-35-40-20-25(36)34(44-35)42-27-7-6-26-30(39-11-10-38-26)33(27)51(4,5)49/h6-7,10-11,18-21,23H,8-9,12-17H2,1-5H3,(H2,40,42,43,44). The number of aromatic nitrogens is 6. The number of hydrogen-bond donors (Lipinski definition) is 2. The molecule has 2 aromatic carbocycles. The number of hydrogen-bond acceptors (Lipinski definition) is 12. The molecular formula is C35H42BrFN11O2P. The molecule has 0 saturated carbocycles. The molecule has 0 spiro atoms. The van der Waals surface area contributed by atoms with E-state index in [1.54, 1.807) is 42.8 Å². The fourth-order valence-corrected chi connectivity index (χ4v) is 8.76. The van der Waals surface area contributed by atoms with Gasteiger partial charge in [-0.3, -0.25) is 19.5 Å². The summed E-state index contributed by atoms with van der Waals surface area (Å²) in [6.07, 6.45) is 10.3. The second-order valence-electron chi connectivity index (χ2n) is 13.5. The minimum absolute atomic E-state index is 0.0631. The fourth-order valence-electron chi connectivity index (χ4n) is 7.08. The van der Waals surface area contributed by atoms with Gasteiger partial charge in [0.2, 0.25) is 5.95 Å². The smallest absolute Gasteiger partial charge is 0.229 e. The van der Waals surface area contributed by atoms with Crippen LogP contribution in [0.15, 0.2) is 53.7 Å². The molecule has 0 aliphatic carbocycles. The van der Waals surface area contributed by atoms with E-state index in [0.717, 1.165) is 57.7 Å². The summed E-state index contributed by atoms with van der Waals surface area (Å²) in [5.41, 5.74) is 4.14. The molecule has 2 saturated heterocycles. The Morgan fingerprint density at radius 3 is 2.39 bits per heavy atom. The highest BCUT2D eigenvalue weighted by Crippen LogP contribution is 2.45. The Balaban J connectivity index is 1.21. The number of nitrogens with zero attached hydrogens (tertiary/aromatic N) is 9. The molecule has 268 valence electrons. The van der Waals surface area contributed by atoms with Crippen LogP contribution in [-0.2, 0) is 11.6 Å². The molecule has 0 atom stereocenters. The molecule has 5 heterocycles. The number of benzene rings is 2. The van der Waals surface area contributed by atoms with Gasteiger partial charge in [0, 0.05) is 88.3 Å². The van der Waals surface area contributed by atoms with Crippen LogP contribution >= 0.6 is 23.1 Å². The molecule has 5 aromatic rings. The van der Waals surface area contributed by atoms with Crippen molar-refractivity contribution in [2.75, 3.05) is 82.3 Å². The summed E-state index contributed by atoms with van der Waals surface area (Å²) in [5, 5.41) is 11.5. The molecule has 0 bridgehead atoms. The predicted molar refractivity (Wildman–Crippen MR) is 204 cm³/mol. The molecule has 0 radical (unpaired) electrons. The minimum atomic E-state index is -2.81. The Labute approximate surface area is 305 Å². The van der Waals surface area contributed by atoms with Crippen molar-refractivity contribution in [1.29, 1.82) is 0 Å². The van der Waals surface area contributed by atoms with Crippen LogP contribution in [0.3, 0.4) is 0 Å². The number of piperazine rings is 1. The molecule has 16 heteroatoms. The topological polar surface area (TPSA) is 129 Å². The summed E-state index contributed by atoms with van der Waals surface area (Å²) in [6.45, 7) is 9.13. The zero-order chi connectivity index (χ0) is 35.9. The van der Waals surface area contributed by atoms with Crippen molar-refractivity contribution in [3.63, 3.8) is 0 Å². The first-order chi connectivity index (χ1) is 24.5. The molecule has 51 heavy (non-hydrogen) atoms. The van der Waals surface area contributed by atoms with Gasteiger partial charge < -0.3 is 29.7 Å². The maximum Gasteiger partial charge on any atom is 0.229 e. The second kappa shape index (κ2) is 14.5. The molecule has 2 N–H and O–H groups in total. The monoisotopic (exact) mass is 777 g/mol. The summed E-state index contributed by atoms with van der Waals surface area (Å²) in [4.78, 5) is 25.2. The average molecular weight is 779 g/mol. The minimum Gasteiger partial charge on any atom is -0.492 e. The van der Waals surface area contributed by atoms with Crippen molar-refractivity contribution < 1.29 is 13.7 Å². The van der Waals surface area contributed by atoms with Crippen LogP contribution in [0.5, 0.6) is 5.75 Å². The number of piperidine rings is 1. The third kappa shape index (κ3) is 7.30. The first-order valence-corrected chi connectivity index (χ1v) is 20.3. The molecule has 7 rings (SSSR count). The molecule has 3 aromatic heterocycles. The average Bonchev–Trinajstić information content (AvgIpc) is 3.55. The zero-order valence-corrected chi connectivity index (χ0v) is 31.9. The van der Waals surface area contributed by atoms with E-state index < -0.39 is 13.0 Å². The summed E-state index contributed by atoms with van der Waals surface area (Å²) >= 11 is 3.55. The molecule has 2 aliphatic rings. The number of fused-ring (bicyclic) bond motifs is 1. The Morgan fingerprint density at radius 1 is 0.961 bits per heavy atom. The van der Waals surface area contributed by atoms with E-state index >= 15 is 4.39 Å². The summed E-state index contributed by atoms with van der Waals surface area (Å²) in [5.74, 6) is 0.221. The van der Waals surface area contributed by atoms with Gasteiger partial charge >= 0.3 is 0 Å². The zero-order valence-electron chi connectivity index (χ0n) is 29.4. The van der Waals surface area contributed by atoms with Crippen LogP contribution in [0.1, 0.15) is 12.8 Å². The van der Waals surface area contributed by atoms with Crippen molar-refractivity contribution >= 4 is 68.2 Å². The number of nitrogens with one attached hydrogen (secondary N) is 2. The summed E-state index contributed by atoms with van der Waals surface area (Å²) in [6, 6.07) is 6.01. The van der Waals surface area contributed by atoms with Gasteiger partial charge in [-0.1, -0.05) is 0 Å². The highest BCUT2D eigenvalue weighted by atomic mass is 79.9. The van der Waals surface area contributed by atoms with Gasteiger partial charge in [-0.15, -0.1) is 0 Å². The van der Waals surface area contributed by atoms with Gasteiger partial charge in [-0.05, 0) is 67.3 Å². The number of methoxy groups -OCH3 is 1. The van der Waals surface area contributed by atoms with Gasteiger partial charge in [0.05, 0.1) is 45.7 Å². The van der Waals surface area contributed by atoms with Crippen LogP contribution in [0.25, 0.3) is 22.2 Å². The lowest BCUT2D eigenvalue weighted by Gasteiger charge is -2.43. The van der Waals surface area contributed by atoms with E-state index in [4.69, 9.17) is 9.72 Å². The lowest BCUT2D eigenvalue weighted by molar-refractivity contribution is 0.0981. The molecule has 2 fully saturated rings. The largest absolute Gasteiger partial charge is 0.492 e. The van der Waals surface area contributed by atoms with Crippen molar-refractivity contribution in [3.8, 4) is 16.9 Å². The Morgan fingerprint density at radius 2 is 1.71 bits per heavy atom. The van der Waals surface area contributed by atoms with E-state index in [0.29, 0.717) is 55.3 Å². The first-order valence-electron chi connectivity index (χ1n) is 16.9. The molecule has 13 nitrogen and oxygen atoms in total. The third-order valence-electron chi connectivity index (χ3n) is 9.65. The van der Waals surface area contributed by atoms with Crippen molar-refractivity contribution in [2.45, 2.75) is 18.9 Å². The van der Waals surface area contributed by atoms with E-state index in [2.05, 4.69) is 68.4 Å². The predicted octanol–water partition coefficient (Wildman–Crippen LogP) is 5.68. The molecule has 0 unspecified atom stereocenters. The highest BCUT2D eigenvalue weighted by Gasteiger charge is 2.31. The SMILES string of the molecule is COc1c(Nc2ncc(Br)c(Nc3ccc4nccnc4c3P(C)(C)=O)n2)cc(-c2cnn(C)c2)c(N2CCC(N3CCN(C)CC3)CC2)c1F. The van der Waals surface area contributed by atoms with E-state index in [9.17, 15) is 4.57 Å². The van der Waals surface area contributed by atoms with Crippen LogP contribution in [-0.4, -0.2) is 112 Å². The lowest BCUT2D eigenvalue weighted by Crippen LogP contribution is -2.52. The number of likely N-dealkylation sites (N-methyl/N-ethyl adjacent to an activating group) is 1. The maximum absolute atomic E-state index is 16.8. The van der Waals surface area contributed by atoms with E-state index in [1.165, 1.54) is 7.11 Å². The third-order valence-corrected chi connectivity index (χ3v) is 11.8. The molecular weight excluding hydrogens is 736 g/mol. The second-order valence-corrected chi connectivity index (χ2v) is 17.5. The maximum atomic E-state index is 16.8. The fraction of sp³-hybridized carbons (Fsp3) is 0.400. The van der Waals surface area contributed by atoms with E-state index in [1.807, 2.05) is 31.4 Å². The van der Waals surface area contributed by atoms with Crippen molar-refractivity contribution in [3.05, 3.63) is 59.5 Å².